The van der Waals surface area contributed by atoms with Crippen LogP contribution in [0.5, 0.6) is 0 Å². The zero-order chi connectivity index (χ0) is 10.7. The molecule has 0 radical (unpaired) electrons. The van der Waals surface area contributed by atoms with E-state index in [2.05, 4.69) is 4.90 Å². The molecule has 1 fully saturated rings. The van der Waals surface area contributed by atoms with Crippen molar-refractivity contribution < 1.29 is 0 Å². The summed E-state index contributed by atoms with van der Waals surface area (Å²) >= 11 is 0. The van der Waals surface area contributed by atoms with Crippen molar-refractivity contribution in [3.05, 3.63) is 34.7 Å². The first-order valence-corrected chi connectivity index (χ1v) is 5.39. The molecule has 1 aromatic heterocycles. The fourth-order valence-corrected chi connectivity index (χ4v) is 1.96. The second-order valence-corrected chi connectivity index (χ2v) is 4.08. The number of pyridine rings is 1. The highest BCUT2D eigenvalue weighted by Crippen LogP contribution is 2.05. The van der Waals surface area contributed by atoms with Gasteiger partial charge in [0.25, 0.3) is 5.56 Å². The summed E-state index contributed by atoms with van der Waals surface area (Å²) in [5.74, 6) is 0. The minimum Gasteiger partial charge on any atom is -0.326 e. The number of hydrogen-bond donors (Lipinski definition) is 1. The predicted octanol–water partition coefficient (Wildman–Crippen LogP) is -0.119. The lowest BCUT2D eigenvalue weighted by Crippen LogP contribution is -2.31. The van der Waals surface area contributed by atoms with Crippen LogP contribution < -0.4 is 11.3 Å². The number of hydrogen-bond acceptors (Lipinski definition) is 3. The first kappa shape index (κ1) is 10.4. The van der Waals surface area contributed by atoms with Gasteiger partial charge in [-0.15, -0.1) is 0 Å². The van der Waals surface area contributed by atoms with Gasteiger partial charge in [0, 0.05) is 37.9 Å². The van der Waals surface area contributed by atoms with Gasteiger partial charge >= 0.3 is 0 Å². The summed E-state index contributed by atoms with van der Waals surface area (Å²) in [5, 5.41) is 0. The van der Waals surface area contributed by atoms with Gasteiger partial charge in [0.15, 0.2) is 0 Å². The summed E-state index contributed by atoms with van der Waals surface area (Å²) in [5.41, 5.74) is 5.88. The Morgan fingerprint density at radius 1 is 1.40 bits per heavy atom. The van der Waals surface area contributed by atoms with E-state index in [1.165, 1.54) is 0 Å². The summed E-state index contributed by atoms with van der Waals surface area (Å²) in [6.45, 7) is 3.69. The fourth-order valence-electron chi connectivity index (χ4n) is 1.96. The van der Waals surface area contributed by atoms with Crippen LogP contribution in [0.15, 0.2) is 29.2 Å². The molecule has 0 unspecified atom stereocenters. The lowest BCUT2D eigenvalue weighted by Gasteiger charge is -2.15. The molecule has 1 saturated heterocycles. The molecule has 82 valence electrons. The smallest absolute Gasteiger partial charge is 0.250 e. The van der Waals surface area contributed by atoms with Crippen molar-refractivity contribution in [3.8, 4) is 0 Å². The monoisotopic (exact) mass is 207 g/mol. The molecule has 1 aliphatic heterocycles. The highest BCUT2D eigenvalue weighted by atomic mass is 16.1. The van der Waals surface area contributed by atoms with Crippen LogP contribution in [0.3, 0.4) is 0 Å². The molecular formula is C11H17N3O. The molecule has 4 nitrogen and oxygen atoms in total. The van der Waals surface area contributed by atoms with Crippen LogP contribution in [0.25, 0.3) is 0 Å². The maximum atomic E-state index is 11.4. The molecule has 1 aromatic rings. The predicted molar refractivity (Wildman–Crippen MR) is 59.7 cm³/mol. The molecule has 0 saturated carbocycles. The number of likely N-dealkylation sites (tertiary alicyclic amines) is 1. The van der Waals surface area contributed by atoms with Crippen LogP contribution in [-0.2, 0) is 6.54 Å². The minimum atomic E-state index is 0.0704. The molecule has 2 N–H and O–H groups in total. The second-order valence-electron chi connectivity index (χ2n) is 4.08. The average molecular weight is 207 g/mol. The van der Waals surface area contributed by atoms with E-state index in [1.807, 2.05) is 12.3 Å². The molecule has 1 atom stereocenters. The summed E-state index contributed by atoms with van der Waals surface area (Å²) in [6, 6.07) is 5.56. The zero-order valence-corrected chi connectivity index (χ0v) is 8.80. The van der Waals surface area contributed by atoms with E-state index in [1.54, 1.807) is 16.7 Å². The summed E-state index contributed by atoms with van der Waals surface area (Å²) in [4.78, 5) is 13.7. The van der Waals surface area contributed by atoms with Crippen LogP contribution >= 0.6 is 0 Å². The van der Waals surface area contributed by atoms with Gasteiger partial charge in [0.2, 0.25) is 0 Å². The molecule has 1 aliphatic rings. The summed E-state index contributed by atoms with van der Waals surface area (Å²) in [6.07, 6.45) is 2.90. The molecule has 0 bridgehead atoms. The van der Waals surface area contributed by atoms with Gasteiger partial charge in [0.1, 0.15) is 0 Å². The normalized spacial score (nSPS) is 22.1. The van der Waals surface area contributed by atoms with Crippen LogP contribution in [0, 0.1) is 0 Å². The lowest BCUT2D eigenvalue weighted by molar-refractivity contribution is 0.317. The Morgan fingerprint density at radius 3 is 2.93 bits per heavy atom. The molecule has 4 heteroatoms. The van der Waals surface area contributed by atoms with Gasteiger partial charge in [-0.25, -0.2) is 0 Å². The van der Waals surface area contributed by atoms with Crippen molar-refractivity contribution in [1.29, 1.82) is 0 Å². The average Bonchev–Trinajstić information content (AvgIpc) is 2.63. The van der Waals surface area contributed by atoms with Crippen molar-refractivity contribution in [3.63, 3.8) is 0 Å². The van der Waals surface area contributed by atoms with Crippen LogP contribution in [-0.4, -0.2) is 35.1 Å². The second kappa shape index (κ2) is 4.59. The molecule has 2 heterocycles. The van der Waals surface area contributed by atoms with E-state index in [4.69, 9.17) is 5.73 Å². The van der Waals surface area contributed by atoms with E-state index >= 15 is 0 Å². The van der Waals surface area contributed by atoms with Crippen LogP contribution in [0.1, 0.15) is 6.42 Å². The number of nitrogens with two attached hydrogens (primary N) is 1. The molecular weight excluding hydrogens is 190 g/mol. The lowest BCUT2D eigenvalue weighted by atomic mass is 10.3. The van der Waals surface area contributed by atoms with Gasteiger partial charge in [-0.2, -0.15) is 0 Å². The highest BCUT2D eigenvalue weighted by molar-refractivity contribution is 4.93. The van der Waals surface area contributed by atoms with Crippen LogP contribution in [0.2, 0.25) is 0 Å². The third-order valence-corrected chi connectivity index (χ3v) is 2.86. The maximum absolute atomic E-state index is 11.4. The van der Waals surface area contributed by atoms with Crippen molar-refractivity contribution in [2.24, 2.45) is 5.73 Å². The van der Waals surface area contributed by atoms with Gasteiger partial charge in [-0.05, 0) is 19.0 Å². The number of aromatic nitrogens is 1. The molecule has 2 rings (SSSR count). The van der Waals surface area contributed by atoms with E-state index in [0.29, 0.717) is 6.04 Å². The number of rotatable bonds is 3. The largest absolute Gasteiger partial charge is 0.326 e. The third kappa shape index (κ3) is 2.67. The van der Waals surface area contributed by atoms with E-state index in [-0.39, 0.29) is 5.56 Å². The Kier molecular flexibility index (Phi) is 3.18. The van der Waals surface area contributed by atoms with Gasteiger partial charge in [0.05, 0.1) is 0 Å². The van der Waals surface area contributed by atoms with Crippen molar-refractivity contribution in [1.82, 2.24) is 9.47 Å². The molecule has 15 heavy (non-hydrogen) atoms. The topological polar surface area (TPSA) is 51.3 Å². The summed E-state index contributed by atoms with van der Waals surface area (Å²) < 4.78 is 1.74. The van der Waals surface area contributed by atoms with Crippen LogP contribution in [0.4, 0.5) is 0 Å². The van der Waals surface area contributed by atoms with E-state index in [9.17, 15) is 4.79 Å². The Balaban J connectivity index is 1.88. The highest BCUT2D eigenvalue weighted by Gasteiger charge is 2.18. The van der Waals surface area contributed by atoms with Crippen molar-refractivity contribution in [2.75, 3.05) is 19.6 Å². The zero-order valence-electron chi connectivity index (χ0n) is 8.80. The Hall–Kier alpha value is -1.13. The molecule has 0 aliphatic carbocycles. The van der Waals surface area contributed by atoms with Crippen molar-refractivity contribution in [2.45, 2.75) is 19.0 Å². The maximum Gasteiger partial charge on any atom is 0.250 e. The molecule has 0 spiro atoms. The summed E-state index contributed by atoms with van der Waals surface area (Å²) in [7, 11) is 0. The van der Waals surface area contributed by atoms with Gasteiger partial charge < -0.3 is 10.3 Å². The number of nitrogens with zero attached hydrogens (tertiary/aromatic N) is 2. The Morgan fingerprint density at radius 2 is 2.27 bits per heavy atom. The van der Waals surface area contributed by atoms with E-state index < -0.39 is 0 Å². The molecule has 0 amide bonds. The van der Waals surface area contributed by atoms with Crippen molar-refractivity contribution >= 4 is 0 Å². The standard InChI is InChI=1S/C11H17N3O/c12-10-4-6-13(9-10)7-8-14-5-2-1-3-11(14)15/h1-3,5,10H,4,6-9,12H2/t10-/m1/s1. The van der Waals surface area contributed by atoms with Gasteiger partial charge in [-0.3, -0.25) is 9.69 Å². The fraction of sp³-hybridized carbons (Fsp3) is 0.545. The first-order valence-electron chi connectivity index (χ1n) is 5.39. The third-order valence-electron chi connectivity index (χ3n) is 2.86. The quantitative estimate of drug-likeness (QED) is 0.752. The molecule has 0 aromatic carbocycles. The SMILES string of the molecule is N[C@@H]1CCN(CCn2ccccc2=O)C1. The Labute approximate surface area is 89.3 Å². The minimum absolute atomic E-state index is 0.0704. The first-order chi connectivity index (χ1) is 7.25. The van der Waals surface area contributed by atoms with E-state index in [0.717, 1.165) is 32.6 Å². The van der Waals surface area contributed by atoms with Gasteiger partial charge in [-0.1, -0.05) is 6.07 Å². The Bertz CT molecular complexity index is 374.